The van der Waals surface area contributed by atoms with Crippen molar-refractivity contribution in [3.63, 3.8) is 0 Å². The summed E-state index contributed by atoms with van der Waals surface area (Å²) in [4.78, 5) is 24.9. The molecule has 0 aromatic heterocycles. The Bertz CT molecular complexity index is 877. The summed E-state index contributed by atoms with van der Waals surface area (Å²) < 4.78 is 46.6. The first kappa shape index (κ1) is 22.2. The summed E-state index contributed by atoms with van der Waals surface area (Å²) in [5.41, 5.74) is 0.152. The van der Waals surface area contributed by atoms with Crippen LogP contribution in [0.15, 0.2) is 46.8 Å². The van der Waals surface area contributed by atoms with E-state index in [4.69, 9.17) is 9.94 Å². The van der Waals surface area contributed by atoms with Gasteiger partial charge in [-0.2, -0.15) is 13.2 Å². The molecule has 0 amide bonds. The van der Waals surface area contributed by atoms with Gasteiger partial charge in [-0.15, -0.1) is 0 Å². The Morgan fingerprint density at radius 1 is 1.21 bits per heavy atom. The van der Waals surface area contributed by atoms with Crippen LogP contribution in [0.4, 0.5) is 18.9 Å². The summed E-state index contributed by atoms with van der Waals surface area (Å²) in [7, 11) is 1.11. The van der Waals surface area contributed by atoms with E-state index in [1.165, 1.54) is 38.1 Å². The van der Waals surface area contributed by atoms with Crippen molar-refractivity contribution in [2.24, 2.45) is 0 Å². The first-order valence-corrected chi connectivity index (χ1v) is 8.23. The Hall–Kier alpha value is -3.05. The van der Waals surface area contributed by atoms with Gasteiger partial charge in [0.05, 0.1) is 29.9 Å². The number of halogens is 3. The van der Waals surface area contributed by atoms with E-state index in [9.17, 15) is 28.0 Å². The van der Waals surface area contributed by atoms with Gasteiger partial charge in [0, 0.05) is 11.4 Å². The standard InChI is InChI=1S/C18H18F3N2O6/c1-9-13(16(24)28-3)15(11-5-4-6-12(7-11)23(26)27)14(10(2)22-9)17(25)29-8-18(19,20)21/h4-7,15,22,26H,8H2,1-3H3/q-1. The monoisotopic (exact) mass is 415 g/mol. The number of alkyl halides is 3. The number of carbonyl (C=O) groups excluding carboxylic acids is 2. The lowest BCUT2D eigenvalue weighted by Gasteiger charge is -2.31. The van der Waals surface area contributed by atoms with Crippen LogP contribution in [0, 0.1) is 5.21 Å². The molecule has 1 aromatic carbocycles. The van der Waals surface area contributed by atoms with Crippen LogP contribution >= 0.6 is 0 Å². The molecule has 0 saturated heterocycles. The average Bonchev–Trinajstić information content (AvgIpc) is 2.64. The molecule has 2 rings (SSSR count). The van der Waals surface area contributed by atoms with Crippen molar-refractivity contribution in [1.82, 2.24) is 5.32 Å². The molecule has 1 aromatic rings. The summed E-state index contributed by atoms with van der Waals surface area (Å²) in [6.07, 6.45) is -4.74. The molecule has 29 heavy (non-hydrogen) atoms. The van der Waals surface area contributed by atoms with E-state index in [-0.39, 0.29) is 28.1 Å². The Kier molecular flexibility index (Phi) is 6.55. The van der Waals surface area contributed by atoms with Crippen LogP contribution in [-0.4, -0.2) is 37.0 Å². The number of hydrogen-bond donors (Lipinski definition) is 2. The molecule has 1 aliphatic rings. The minimum Gasteiger partial charge on any atom is -0.733 e. The van der Waals surface area contributed by atoms with Crippen molar-refractivity contribution in [2.45, 2.75) is 25.9 Å². The number of hydrogen-bond acceptors (Lipinski definition) is 8. The number of allylic oxidation sites excluding steroid dienone is 2. The van der Waals surface area contributed by atoms with Crippen molar-refractivity contribution in [3.8, 4) is 0 Å². The largest absolute Gasteiger partial charge is 0.733 e. The van der Waals surface area contributed by atoms with Crippen LogP contribution in [0.1, 0.15) is 25.3 Å². The summed E-state index contributed by atoms with van der Waals surface area (Å²) in [5, 5.41) is 22.7. The minimum atomic E-state index is -4.74. The van der Waals surface area contributed by atoms with E-state index in [2.05, 4.69) is 10.1 Å². The molecule has 0 aliphatic carbocycles. The van der Waals surface area contributed by atoms with Crippen LogP contribution in [0.2, 0.25) is 0 Å². The molecule has 1 atom stereocenters. The molecule has 1 aliphatic heterocycles. The highest BCUT2D eigenvalue weighted by atomic mass is 19.4. The number of carbonyl (C=O) groups is 2. The van der Waals surface area contributed by atoms with E-state index in [0.29, 0.717) is 5.70 Å². The fraction of sp³-hybridized carbons (Fsp3) is 0.333. The zero-order valence-corrected chi connectivity index (χ0v) is 15.7. The summed E-state index contributed by atoms with van der Waals surface area (Å²) in [6, 6.07) is 5.29. The van der Waals surface area contributed by atoms with E-state index >= 15 is 0 Å². The highest BCUT2D eigenvalue weighted by Crippen LogP contribution is 2.40. The smallest absolute Gasteiger partial charge is 0.422 e. The number of anilines is 1. The summed E-state index contributed by atoms with van der Waals surface area (Å²) in [5.74, 6) is -3.31. The predicted molar refractivity (Wildman–Crippen MR) is 94.4 cm³/mol. The van der Waals surface area contributed by atoms with Crippen molar-refractivity contribution in [2.75, 3.05) is 18.9 Å². The highest BCUT2D eigenvalue weighted by Gasteiger charge is 2.39. The molecule has 0 radical (unpaired) electrons. The van der Waals surface area contributed by atoms with E-state index < -0.39 is 35.9 Å². The van der Waals surface area contributed by atoms with Gasteiger partial charge in [-0.1, -0.05) is 12.1 Å². The molecule has 1 unspecified atom stereocenters. The number of dihydropyridines is 1. The summed E-state index contributed by atoms with van der Waals surface area (Å²) >= 11 is 0. The van der Waals surface area contributed by atoms with Gasteiger partial charge >= 0.3 is 18.1 Å². The fourth-order valence-electron chi connectivity index (χ4n) is 3.03. The van der Waals surface area contributed by atoms with E-state index in [1.54, 1.807) is 0 Å². The number of nitrogens with one attached hydrogen (secondary N) is 1. The van der Waals surface area contributed by atoms with Crippen molar-refractivity contribution in [3.05, 3.63) is 57.6 Å². The summed E-state index contributed by atoms with van der Waals surface area (Å²) in [6.45, 7) is 1.15. The maximum atomic E-state index is 12.5. The third-order valence-electron chi connectivity index (χ3n) is 4.18. The zero-order valence-electron chi connectivity index (χ0n) is 15.7. The number of ether oxygens (including phenoxy) is 2. The van der Waals surface area contributed by atoms with Crippen LogP contribution in [0.5, 0.6) is 0 Å². The van der Waals surface area contributed by atoms with Crippen molar-refractivity contribution < 1.29 is 37.4 Å². The quantitative estimate of drug-likeness (QED) is 0.558. The number of benzene rings is 1. The van der Waals surface area contributed by atoms with Gasteiger partial charge in [-0.3, -0.25) is 5.21 Å². The van der Waals surface area contributed by atoms with Crippen LogP contribution in [0.25, 0.3) is 0 Å². The fourth-order valence-corrected chi connectivity index (χ4v) is 3.03. The van der Waals surface area contributed by atoms with Gasteiger partial charge in [-0.05, 0) is 31.5 Å². The van der Waals surface area contributed by atoms with Gasteiger partial charge in [0.1, 0.15) is 0 Å². The Morgan fingerprint density at radius 2 is 1.79 bits per heavy atom. The first-order chi connectivity index (χ1) is 13.5. The average molecular weight is 415 g/mol. The number of rotatable bonds is 5. The third-order valence-corrected chi connectivity index (χ3v) is 4.18. The Labute approximate surface area is 163 Å². The van der Waals surface area contributed by atoms with Crippen molar-refractivity contribution in [1.29, 1.82) is 0 Å². The molecular formula is C18H18F3N2O6-. The lowest BCUT2D eigenvalue weighted by molar-refractivity contribution is -0.183. The molecule has 1 heterocycles. The van der Waals surface area contributed by atoms with Gasteiger partial charge in [0.2, 0.25) is 0 Å². The Balaban J connectivity index is 2.60. The number of nitrogens with zero attached hydrogens (tertiary/aromatic N) is 1. The Morgan fingerprint density at radius 3 is 2.31 bits per heavy atom. The lowest BCUT2D eigenvalue weighted by atomic mass is 9.80. The third kappa shape index (κ3) is 5.06. The molecule has 11 heteroatoms. The lowest BCUT2D eigenvalue weighted by Crippen LogP contribution is -2.33. The molecule has 2 N–H and O–H groups in total. The van der Waals surface area contributed by atoms with Crippen LogP contribution < -0.4 is 10.5 Å². The second kappa shape index (κ2) is 8.53. The molecule has 0 saturated carbocycles. The second-order valence-corrected chi connectivity index (χ2v) is 6.19. The number of methoxy groups -OCH3 is 1. The molecule has 8 nitrogen and oxygen atoms in total. The van der Waals surface area contributed by atoms with Gasteiger partial charge in [0.25, 0.3) is 0 Å². The van der Waals surface area contributed by atoms with E-state index in [1.807, 2.05) is 0 Å². The van der Waals surface area contributed by atoms with Crippen molar-refractivity contribution >= 4 is 17.6 Å². The SMILES string of the molecule is COC(=O)C1=C(C)NC(C)=C(C(=O)OCC(F)(F)F)C1c1cccc(N([O-])O)c1. The highest BCUT2D eigenvalue weighted by molar-refractivity contribution is 5.99. The van der Waals surface area contributed by atoms with Crippen LogP contribution in [-0.2, 0) is 19.1 Å². The zero-order chi connectivity index (χ0) is 21.9. The van der Waals surface area contributed by atoms with Gasteiger partial charge < -0.3 is 25.2 Å². The molecule has 0 bridgehead atoms. The molecule has 158 valence electrons. The molecular weight excluding hydrogens is 397 g/mol. The first-order valence-electron chi connectivity index (χ1n) is 8.23. The minimum absolute atomic E-state index is 0.0513. The predicted octanol–water partition coefficient (Wildman–Crippen LogP) is 2.89. The van der Waals surface area contributed by atoms with Gasteiger partial charge in [0.15, 0.2) is 6.61 Å². The molecule has 0 fully saturated rings. The maximum absolute atomic E-state index is 12.5. The normalized spacial score (nSPS) is 17.0. The second-order valence-electron chi connectivity index (χ2n) is 6.19. The van der Waals surface area contributed by atoms with Crippen LogP contribution in [0.3, 0.4) is 0 Å². The van der Waals surface area contributed by atoms with Gasteiger partial charge in [-0.25, -0.2) is 9.59 Å². The molecule has 0 spiro atoms. The topological polar surface area (TPSA) is 111 Å². The maximum Gasteiger partial charge on any atom is 0.422 e. The number of esters is 2. The van der Waals surface area contributed by atoms with E-state index in [0.717, 1.165) is 7.11 Å².